The van der Waals surface area contributed by atoms with E-state index in [0.29, 0.717) is 12.0 Å². The third-order valence-corrected chi connectivity index (χ3v) is 4.44. The van der Waals surface area contributed by atoms with Crippen molar-refractivity contribution < 1.29 is 44.5 Å². The lowest BCUT2D eigenvalue weighted by molar-refractivity contribution is -0.301. The number of esters is 1. The van der Waals surface area contributed by atoms with Gasteiger partial charge in [0.1, 0.15) is 31.0 Å². The molecule has 9 nitrogen and oxygen atoms in total. The number of carbonyl (C=O) groups is 1. The van der Waals surface area contributed by atoms with Crippen molar-refractivity contribution in [1.82, 2.24) is 0 Å². The fraction of sp³-hybridized carbons (Fsp3) is 0.476. The molecule has 0 bridgehead atoms. The maximum Gasteiger partial charge on any atom is 0.330 e. The lowest BCUT2D eigenvalue weighted by Crippen LogP contribution is -2.59. The molecule has 0 unspecified atom stereocenters. The van der Waals surface area contributed by atoms with Gasteiger partial charge in [-0.05, 0) is 36.6 Å². The molecule has 0 amide bonds. The van der Waals surface area contributed by atoms with Gasteiger partial charge in [0.2, 0.25) is 0 Å². The number of aliphatic hydroxyl groups is 3. The van der Waals surface area contributed by atoms with Crippen molar-refractivity contribution in [3.8, 4) is 11.5 Å². The molecule has 0 aliphatic carbocycles. The van der Waals surface area contributed by atoms with Crippen LogP contribution in [0, 0.1) is 0 Å². The maximum absolute atomic E-state index is 11.9. The van der Waals surface area contributed by atoms with Crippen LogP contribution < -0.4 is 0 Å². The molecule has 1 saturated heterocycles. The summed E-state index contributed by atoms with van der Waals surface area (Å²) in [6.07, 6.45) is 1.15. The highest BCUT2D eigenvalue weighted by atomic mass is 16.7. The lowest BCUT2D eigenvalue weighted by atomic mass is 9.99. The number of phenols is 2. The highest BCUT2D eigenvalue weighted by molar-refractivity contribution is 5.87. The number of hydrogen-bond donors (Lipinski definition) is 5. The van der Waals surface area contributed by atoms with Gasteiger partial charge in [-0.2, -0.15) is 0 Å². The molecule has 1 fully saturated rings. The Morgan fingerprint density at radius 1 is 1.10 bits per heavy atom. The van der Waals surface area contributed by atoms with Gasteiger partial charge in [0, 0.05) is 6.08 Å². The van der Waals surface area contributed by atoms with E-state index in [4.69, 9.17) is 14.2 Å². The van der Waals surface area contributed by atoms with Crippen molar-refractivity contribution in [3.05, 3.63) is 42.0 Å². The van der Waals surface area contributed by atoms with Crippen LogP contribution in [-0.2, 0) is 19.0 Å². The Hall–Kier alpha value is -2.43. The molecular weight excluding hydrogens is 396 g/mol. The number of phenolic OH excluding ortho intramolecular Hbond substituents is 2. The van der Waals surface area contributed by atoms with Crippen molar-refractivity contribution in [2.45, 2.75) is 50.5 Å². The second kappa shape index (κ2) is 11.7. The summed E-state index contributed by atoms with van der Waals surface area (Å²) >= 11 is 0. The summed E-state index contributed by atoms with van der Waals surface area (Å²) in [6.45, 7) is 1.87. The fourth-order valence-corrected chi connectivity index (χ4v) is 2.75. The smallest absolute Gasteiger partial charge is 0.330 e. The summed E-state index contributed by atoms with van der Waals surface area (Å²) in [7, 11) is 0. The first-order valence-corrected chi connectivity index (χ1v) is 9.66. The van der Waals surface area contributed by atoms with Gasteiger partial charge in [-0.15, -0.1) is 0 Å². The van der Waals surface area contributed by atoms with Gasteiger partial charge in [-0.1, -0.05) is 25.1 Å². The Morgan fingerprint density at radius 2 is 1.87 bits per heavy atom. The average Bonchev–Trinajstić information content (AvgIpc) is 2.73. The number of rotatable bonds is 9. The summed E-state index contributed by atoms with van der Waals surface area (Å²) in [5.41, 5.74) is 0.459. The van der Waals surface area contributed by atoms with E-state index in [1.54, 1.807) is 0 Å². The number of allylic oxidation sites excluding steroid dienone is 1. The van der Waals surface area contributed by atoms with E-state index in [1.807, 2.05) is 19.1 Å². The van der Waals surface area contributed by atoms with Gasteiger partial charge in [0.15, 0.2) is 17.8 Å². The largest absolute Gasteiger partial charge is 0.504 e. The number of ether oxygens (including phenoxy) is 3. The van der Waals surface area contributed by atoms with E-state index >= 15 is 0 Å². The van der Waals surface area contributed by atoms with Crippen LogP contribution in [0.1, 0.15) is 25.3 Å². The molecule has 1 heterocycles. The molecule has 5 atom stereocenters. The van der Waals surface area contributed by atoms with Crippen molar-refractivity contribution in [2.24, 2.45) is 0 Å². The van der Waals surface area contributed by atoms with Gasteiger partial charge in [0.05, 0.1) is 6.61 Å². The Kier molecular flexibility index (Phi) is 9.28. The van der Waals surface area contributed by atoms with Crippen LogP contribution in [0.3, 0.4) is 0 Å². The van der Waals surface area contributed by atoms with E-state index in [-0.39, 0.29) is 24.7 Å². The Bertz CT molecular complexity index is 746. The van der Waals surface area contributed by atoms with Crippen LogP contribution in [0.4, 0.5) is 0 Å². The van der Waals surface area contributed by atoms with Crippen LogP contribution in [0.25, 0.3) is 6.08 Å². The van der Waals surface area contributed by atoms with E-state index < -0.39 is 36.7 Å². The molecule has 5 N–H and O–H groups in total. The SMILES string of the molecule is CC/C=C\CCO[C@@H]1O[C@H](COC(=O)/C=C/c2ccc(O)c(O)c2)[C@@H](O)[C@H](O)[C@H]1O. The molecule has 9 heteroatoms. The molecule has 2 rings (SSSR count). The maximum atomic E-state index is 11.9. The normalized spacial score (nSPS) is 27.0. The summed E-state index contributed by atoms with van der Waals surface area (Å²) in [6, 6.07) is 4.03. The molecule has 0 saturated carbocycles. The Labute approximate surface area is 174 Å². The zero-order chi connectivity index (χ0) is 22.1. The highest BCUT2D eigenvalue weighted by Gasteiger charge is 2.44. The topological polar surface area (TPSA) is 146 Å². The van der Waals surface area contributed by atoms with Gasteiger partial charge in [-0.3, -0.25) is 0 Å². The van der Waals surface area contributed by atoms with Gasteiger partial charge in [-0.25, -0.2) is 4.79 Å². The third-order valence-electron chi connectivity index (χ3n) is 4.44. The minimum Gasteiger partial charge on any atom is -0.504 e. The van der Waals surface area contributed by atoms with Gasteiger partial charge >= 0.3 is 5.97 Å². The van der Waals surface area contributed by atoms with Crippen LogP contribution in [0.5, 0.6) is 11.5 Å². The summed E-state index contributed by atoms with van der Waals surface area (Å²) < 4.78 is 15.9. The minimum absolute atomic E-state index is 0.246. The van der Waals surface area contributed by atoms with Crippen molar-refractivity contribution >= 4 is 12.0 Å². The predicted molar refractivity (Wildman–Crippen MR) is 106 cm³/mol. The first kappa shape index (κ1) is 23.8. The number of hydrogen-bond acceptors (Lipinski definition) is 9. The second-order valence-corrected chi connectivity index (χ2v) is 6.77. The number of carbonyl (C=O) groups excluding carboxylic acids is 1. The van der Waals surface area contributed by atoms with Crippen molar-refractivity contribution in [3.63, 3.8) is 0 Å². The summed E-state index contributed by atoms with van der Waals surface area (Å²) in [5.74, 6) is -1.36. The molecule has 0 radical (unpaired) electrons. The molecule has 1 aromatic rings. The average molecular weight is 424 g/mol. The van der Waals surface area contributed by atoms with E-state index in [2.05, 4.69) is 0 Å². The zero-order valence-electron chi connectivity index (χ0n) is 16.6. The molecule has 1 aliphatic heterocycles. The van der Waals surface area contributed by atoms with Crippen LogP contribution in [0.15, 0.2) is 36.4 Å². The number of aromatic hydroxyl groups is 2. The molecule has 166 valence electrons. The molecule has 30 heavy (non-hydrogen) atoms. The van der Waals surface area contributed by atoms with E-state index in [9.17, 15) is 30.3 Å². The third kappa shape index (κ3) is 6.82. The fourth-order valence-electron chi connectivity index (χ4n) is 2.75. The Balaban J connectivity index is 1.87. The molecule has 1 aliphatic rings. The zero-order valence-corrected chi connectivity index (χ0v) is 16.6. The predicted octanol–water partition coefficient (Wildman–Crippen LogP) is 0.835. The molecule has 1 aromatic carbocycles. The van der Waals surface area contributed by atoms with E-state index in [1.165, 1.54) is 24.3 Å². The van der Waals surface area contributed by atoms with Crippen LogP contribution >= 0.6 is 0 Å². The van der Waals surface area contributed by atoms with Crippen molar-refractivity contribution in [1.29, 1.82) is 0 Å². The van der Waals surface area contributed by atoms with Gasteiger partial charge < -0.3 is 39.7 Å². The second-order valence-electron chi connectivity index (χ2n) is 6.77. The number of benzene rings is 1. The quantitative estimate of drug-likeness (QED) is 0.128. The minimum atomic E-state index is -1.52. The first-order chi connectivity index (χ1) is 14.3. The molecule has 0 aromatic heterocycles. The summed E-state index contributed by atoms with van der Waals surface area (Å²) in [4.78, 5) is 11.9. The highest BCUT2D eigenvalue weighted by Crippen LogP contribution is 2.25. The number of aliphatic hydroxyl groups excluding tert-OH is 3. The van der Waals surface area contributed by atoms with E-state index in [0.717, 1.165) is 12.5 Å². The molecular formula is C21H28O9. The monoisotopic (exact) mass is 424 g/mol. The Morgan fingerprint density at radius 3 is 2.57 bits per heavy atom. The lowest BCUT2D eigenvalue weighted by Gasteiger charge is -2.39. The van der Waals surface area contributed by atoms with Crippen LogP contribution in [-0.4, -0.2) is 75.4 Å². The van der Waals surface area contributed by atoms with Crippen molar-refractivity contribution in [2.75, 3.05) is 13.2 Å². The first-order valence-electron chi connectivity index (χ1n) is 9.66. The standard InChI is InChI=1S/C21H28O9/c1-2-3-4-5-10-28-21-20(27)19(26)18(25)16(30-21)12-29-17(24)9-7-13-6-8-14(22)15(23)11-13/h3-4,6-9,11,16,18-23,25-27H,2,5,10,12H2,1H3/b4-3-,9-7+/t16-,18-,19+,20-,21-/m1/s1. The molecule has 0 spiro atoms. The van der Waals surface area contributed by atoms with Crippen LogP contribution in [0.2, 0.25) is 0 Å². The summed E-state index contributed by atoms with van der Waals surface area (Å²) in [5, 5.41) is 48.8. The van der Waals surface area contributed by atoms with Gasteiger partial charge in [0.25, 0.3) is 0 Å².